The number of hydrogen-bond acceptors (Lipinski definition) is 7. The average Bonchev–Trinajstić information content (AvgIpc) is 3.10. The quantitative estimate of drug-likeness (QED) is 0.691. The molecule has 8 heteroatoms. The Morgan fingerprint density at radius 2 is 1.97 bits per heavy atom. The molecule has 31 heavy (non-hydrogen) atoms. The van der Waals surface area contributed by atoms with Gasteiger partial charge >= 0.3 is 5.97 Å². The fourth-order valence-corrected chi connectivity index (χ4v) is 5.82. The molecule has 4 rings (SSSR count). The second kappa shape index (κ2) is 9.28. The number of carbonyl (C=O) groups is 2. The highest BCUT2D eigenvalue weighted by Gasteiger charge is 2.29. The molecular formula is C23H29N3O4S. The molecule has 0 saturated carbocycles. The predicted molar refractivity (Wildman–Crippen MR) is 122 cm³/mol. The van der Waals surface area contributed by atoms with Crippen LogP contribution in [0.5, 0.6) is 5.75 Å². The maximum atomic E-state index is 12.8. The third kappa shape index (κ3) is 4.70. The summed E-state index contributed by atoms with van der Waals surface area (Å²) >= 11 is 1.51. The van der Waals surface area contributed by atoms with Gasteiger partial charge in [-0.25, -0.2) is 4.79 Å². The summed E-state index contributed by atoms with van der Waals surface area (Å²) < 4.78 is 5.00. The van der Waals surface area contributed by atoms with Crippen molar-refractivity contribution in [2.45, 2.75) is 26.2 Å². The third-order valence-electron chi connectivity index (χ3n) is 6.12. The normalized spacial score (nSPS) is 19.0. The third-order valence-corrected chi connectivity index (χ3v) is 7.29. The molecule has 166 valence electrons. The molecule has 1 aromatic heterocycles. The first-order chi connectivity index (χ1) is 15.0. The van der Waals surface area contributed by atoms with E-state index in [1.807, 2.05) is 18.2 Å². The standard InChI is InChI=1S/C23H29N3O4S/c1-15-7-8-16-19(13-15)31-22(21(16)23(29)30-2)24-20(28)14-25-9-11-26(12-10-25)17-5-3-4-6-18(17)27/h3-6,15,27H,7-14H2,1-2H3,(H,24,28)/t15-/m0/s1. The van der Waals surface area contributed by atoms with Crippen LogP contribution < -0.4 is 10.2 Å². The number of piperazine rings is 1. The van der Waals surface area contributed by atoms with Crippen LogP contribution in [-0.4, -0.2) is 61.7 Å². The van der Waals surface area contributed by atoms with E-state index >= 15 is 0 Å². The number of phenolic OH excluding ortho intramolecular Hbond substituents is 1. The van der Waals surface area contributed by atoms with E-state index in [4.69, 9.17) is 4.74 Å². The lowest BCUT2D eigenvalue weighted by Crippen LogP contribution is -2.48. The number of fused-ring (bicyclic) bond motifs is 1. The van der Waals surface area contributed by atoms with Gasteiger partial charge < -0.3 is 20.1 Å². The molecule has 0 bridgehead atoms. The monoisotopic (exact) mass is 443 g/mol. The number of para-hydroxylation sites is 2. The van der Waals surface area contributed by atoms with E-state index in [2.05, 4.69) is 22.0 Å². The maximum Gasteiger partial charge on any atom is 0.341 e. The van der Waals surface area contributed by atoms with Crippen molar-refractivity contribution in [3.05, 3.63) is 40.3 Å². The molecule has 2 N–H and O–H groups in total. The minimum Gasteiger partial charge on any atom is -0.506 e. The van der Waals surface area contributed by atoms with Crippen molar-refractivity contribution in [1.29, 1.82) is 0 Å². The highest BCUT2D eigenvalue weighted by Crippen LogP contribution is 2.40. The molecule has 0 unspecified atom stereocenters. The van der Waals surface area contributed by atoms with E-state index in [-0.39, 0.29) is 24.2 Å². The Morgan fingerprint density at radius 1 is 1.23 bits per heavy atom. The first-order valence-electron chi connectivity index (χ1n) is 10.7. The zero-order chi connectivity index (χ0) is 22.0. The molecule has 1 fully saturated rings. The van der Waals surface area contributed by atoms with Gasteiger partial charge in [0.25, 0.3) is 0 Å². The SMILES string of the molecule is COC(=O)c1c(NC(=O)CN2CCN(c3ccccc3O)CC2)sc2c1CC[C@H](C)C2. The number of benzene rings is 1. The number of nitrogens with one attached hydrogen (secondary N) is 1. The van der Waals surface area contributed by atoms with Crippen LogP contribution in [0.15, 0.2) is 24.3 Å². The Balaban J connectivity index is 1.38. The van der Waals surface area contributed by atoms with Crippen LogP contribution >= 0.6 is 11.3 Å². The van der Waals surface area contributed by atoms with Gasteiger partial charge in [0, 0.05) is 31.1 Å². The molecular weight excluding hydrogens is 414 g/mol. The number of thiophene rings is 1. The zero-order valence-electron chi connectivity index (χ0n) is 18.0. The van der Waals surface area contributed by atoms with Crippen LogP contribution in [-0.2, 0) is 22.4 Å². The summed E-state index contributed by atoms with van der Waals surface area (Å²) in [4.78, 5) is 30.6. The van der Waals surface area contributed by atoms with Gasteiger partial charge in [-0.2, -0.15) is 0 Å². The molecule has 1 aromatic carbocycles. The smallest absolute Gasteiger partial charge is 0.341 e. The number of methoxy groups -OCH3 is 1. The van der Waals surface area contributed by atoms with E-state index < -0.39 is 0 Å². The second-order valence-corrected chi connectivity index (χ2v) is 9.45. The van der Waals surface area contributed by atoms with Crippen molar-refractivity contribution in [1.82, 2.24) is 4.90 Å². The summed E-state index contributed by atoms with van der Waals surface area (Å²) in [7, 11) is 1.38. The average molecular weight is 444 g/mol. The Kier molecular flexibility index (Phi) is 6.48. The minimum absolute atomic E-state index is 0.118. The van der Waals surface area contributed by atoms with Crippen molar-refractivity contribution >= 4 is 33.9 Å². The lowest BCUT2D eigenvalue weighted by molar-refractivity contribution is -0.117. The van der Waals surface area contributed by atoms with Gasteiger partial charge in [-0.3, -0.25) is 9.69 Å². The number of nitrogens with zero attached hydrogens (tertiary/aromatic N) is 2. The lowest BCUT2D eigenvalue weighted by Gasteiger charge is -2.35. The van der Waals surface area contributed by atoms with Crippen molar-refractivity contribution in [3.63, 3.8) is 0 Å². The molecule has 1 atom stereocenters. The largest absolute Gasteiger partial charge is 0.506 e. The van der Waals surface area contributed by atoms with Gasteiger partial charge in [0.2, 0.25) is 5.91 Å². The van der Waals surface area contributed by atoms with Gasteiger partial charge in [-0.1, -0.05) is 19.1 Å². The molecule has 1 saturated heterocycles. The van der Waals surface area contributed by atoms with E-state index in [1.165, 1.54) is 23.3 Å². The summed E-state index contributed by atoms with van der Waals surface area (Å²) in [5, 5.41) is 13.7. The van der Waals surface area contributed by atoms with Crippen molar-refractivity contribution in [3.8, 4) is 5.75 Å². The van der Waals surface area contributed by atoms with Gasteiger partial charge in [0.15, 0.2) is 0 Å². The molecule has 2 aliphatic rings. The zero-order valence-corrected chi connectivity index (χ0v) is 18.8. The summed E-state index contributed by atoms with van der Waals surface area (Å²) in [5.41, 5.74) is 2.40. The first-order valence-corrected chi connectivity index (χ1v) is 11.6. The summed E-state index contributed by atoms with van der Waals surface area (Å²) in [5.74, 6) is 0.368. The van der Waals surface area contributed by atoms with Crippen molar-refractivity contribution < 1.29 is 19.4 Å². The predicted octanol–water partition coefficient (Wildman–Crippen LogP) is 3.13. The molecule has 1 aliphatic carbocycles. The minimum atomic E-state index is -0.376. The van der Waals surface area contributed by atoms with Crippen LogP contribution in [0.25, 0.3) is 0 Å². The van der Waals surface area contributed by atoms with Crippen LogP contribution in [0.1, 0.15) is 34.1 Å². The van der Waals surface area contributed by atoms with Crippen LogP contribution in [0.2, 0.25) is 0 Å². The number of amides is 1. The fraction of sp³-hybridized carbons (Fsp3) is 0.478. The maximum absolute atomic E-state index is 12.8. The number of aromatic hydroxyl groups is 1. The summed E-state index contributed by atoms with van der Waals surface area (Å²) in [6.07, 6.45) is 2.83. The van der Waals surface area contributed by atoms with Crippen LogP contribution in [0, 0.1) is 5.92 Å². The van der Waals surface area contributed by atoms with Gasteiger partial charge in [0.1, 0.15) is 10.8 Å². The van der Waals surface area contributed by atoms with E-state index in [9.17, 15) is 14.7 Å². The molecule has 0 radical (unpaired) electrons. The summed E-state index contributed by atoms with van der Waals surface area (Å²) in [6, 6.07) is 7.32. The molecule has 2 aromatic rings. The van der Waals surface area contributed by atoms with Crippen molar-refractivity contribution in [2.75, 3.05) is 50.1 Å². The highest BCUT2D eigenvalue weighted by atomic mass is 32.1. The summed E-state index contributed by atoms with van der Waals surface area (Å²) in [6.45, 7) is 5.42. The topological polar surface area (TPSA) is 82.1 Å². The second-order valence-electron chi connectivity index (χ2n) is 8.35. The molecule has 0 spiro atoms. The Morgan fingerprint density at radius 3 is 2.68 bits per heavy atom. The van der Waals surface area contributed by atoms with Crippen molar-refractivity contribution in [2.24, 2.45) is 5.92 Å². The molecule has 1 aliphatic heterocycles. The lowest BCUT2D eigenvalue weighted by atomic mass is 9.88. The number of hydrogen-bond donors (Lipinski definition) is 2. The fourth-order valence-electron chi connectivity index (χ4n) is 4.40. The van der Waals surface area contributed by atoms with Gasteiger partial charge in [-0.15, -0.1) is 11.3 Å². The number of ether oxygens (including phenoxy) is 1. The number of phenols is 1. The number of anilines is 2. The van der Waals surface area contributed by atoms with Crippen LogP contribution in [0.3, 0.4) is 0 Å². The molecule has 1 amide bonds. The Hall–Kier alpha value is -2.58. The highest BCUT2D eigenvalue weighted by molar-refractivity contribution is 7.17. The number of rotatable bonds is 5. The first kappa shape index (κ1) is 21.6. The van der Waals surface area contributed by atoms with Gasteiger partial charge in [-0.05, 0) is 42.9 Å². The molecule has 7 nitrogen and oxygen atoms in total. The van der Waals surface area contributed by atoms with Gasteiger partial charge in [0.05, 0.1) is 24.9 Å². The molecule has 2 heterocycles. The van der Waals surface area contributed by atoms with E-state index in [0.29, 0.717) is 16.5 Å². The Bertz CT molecular complexity index is 966. The number of carbonyl (C=O) groups excluding carboxylic acids is 2. The van der Waals surface area contributed by atoms with E-state index in [0.717, 1.165) is 56.7 Å². The Labute approximate surface area is 186 Å². The number of esters is 1. The van der Waals surface area contributed by atoms with E-state index in [1.54, 1.807) is 6.07 Å². The van der Waals surface area contributed by atoms with Crippen LogP contribution in [0.4, 0.5) is 10.7 Å².